The van der Waals surface area contributed by atoms with E-state index in [0.717, 1.165) is 12.8 Å². The van der Waals surface area contributed by atoms with Gasteiger partial charge in [0.2, 0.25) is 11.8 Å². The first-order valence-corrected chi connectivity index (χ1v) is 8.92. The summed E-state index contributed by atoms with van der Waals surface area (Å²) in [5.74, 6) is 1.70. The van der Waals surface area contributed by atoms with Gasteiger partial charge >= 0.3 is 0 Å². The highest BCUT2D eigenvalue weighted by atomic mass is 16.2. The van der Waals surface area contributed by atoms with Gasteiger partial charge in [0.1, 0.15) is 5.78 Å². The van der Waals surface area contributed by atoms with E-state index in [0.29, 0.717) is 11.7 Å². The zero-order valence-electron chi connectivity index (χ0n) is 17.1. The third kappa shape index (κ3) is 11.2. The zero-order valence-corrected chi connectivity index (χ0v) is 17.1. The maximum Gasteiger partial charge on any atom is 0.224 e. The predicted molar refractivity (Wildman–Crippen MR) is 99.6 cm³/mol. The Hall–Kier alpha value is -1.39. The topological polar surface area (TPSA) is 66.5 Å². The number of carbonyl (C=O) groups excluding carboxylic acids is 3. The Balaban J connectivity index is 0. The first-order chi connectivity index (χ1) is 10.9. The van der Waals surface area contributed by atoms with Crippen LogP contribution in [-0.2, 0) is 14.4 Å². The van der Waals surface area contributed by atoms with Crippen molar-refractivity contribution in [1.29, 1.82) is 0 Å². The molecule has 0 spiro atoms. The Morgan fingerprint density at radius 1 is 0.875 bits per heavy atom. The van der Waals surface area contributed by atoms with E-state index >= 15 is 0 Å². The Kier molecular flexibility index (Phi) is 13.4. The molecule has 1 saturated carbocycles. The van der Waals surface area contributed by atoms with Crippen molar-refractivity contribution in [3.05, 3.63) is 0 Å². The van der Waals surface area contributed by atoms with Gasteiger partial charge in [0.05, 0.1) is 0 Å². The minimum Gasteiger partial charge on any atom is -0.359 e. The van der Waals surface area contributed by atoms with Gasteiger partial charge < -0.3 is 10.2 Å². The maximum atomic E-state index is 11.1. The summed E-state index contributed by atoms with van der Waals surface area (Å²) in [6, 6.07) is 0. The van der Waals surface area contributed by atoms with E-state index in [1.807, 2.05) is 41.5 Å². The lowest BCUT2D eigenvalue weighted by Gasteiger charge is -2.25. The molecule has 0 aromatic rings. The SMILES string of the molecule is CC(C)C(=O)C1CCC1.CC(C)C(=O)N(C)C.CNC(=O)C(C)C. The number of hydrogen-bond acceptors (Lipinski definition) is 3. The number of amides is 2. The standard InChI is InChI=1S/C8H14O.C6H13NO.C5H11NO/c1-6(2)8(9)7-4-3-5-7;1-5(2)6(8)7(3)4;1-4(2)5(7)6-3/h6-7H,3-5H2,1-2H3;5H,1-4H3;4H,1-3H3,(H,6,7). The van der Waals surface area contributed by atoms with E-state index < -0.39 is 0 Å². The fraction of sp³-hybridized carbons (Fsp3) is 0.842. The van der Waals surface area contributed by atoms with Gasteiger partial charge in [-0.2, -0.15) is 0 Å². The number of hydrogen-bond donors (Lipinski definition) is 1. The Morgan fingerprint density at radius 3 is 1.38 bits per heavy atom. The molecule has 0 unspecified atom stereocenters. The van der Waals surface area contributed by atoms with Crippen LogP contribution in [0.25, 0.3) is 0 Å². The van der Waals surface area contributed by atoms with Gasteiger partial charge in [-0.25, -0.2) is 0 Å². The summed E-state index contributed by atoms with van der Waals surface area (Å²) in [5, 5.41) is 2.53. The lowest BCUT2D eigenvalue weighted by atomic mass is 9.79. The van der Waals surface area contributed by atoms with Gasteiger partial charge in [0, 0.05) is 44.8 Å². The van der Waals surface area contributed by atoms with E-state index in [1.165, 1.54) is 6.42 Å². The monoisotopic (exact) mass is 342 g/mol. The number of nitrogens with one attached hydrogen (secondary N) is 1. The van der Waals surface area contributed by atoms with Crippen molar-refractivity contribution in [3.63, 3.8) is 0 Å². The molecule has 0 aliphatic heterocycles. The molecule has 1 aliphatic carbocycles. The average molecular weight is 343 g/mol. The summed E-state index contributed by atoms with van der Waals surface area (Å²) in [5.41, 5.74) is 0. The van der Waals surface area contributed by atoms with Gasteiger partial charge in [-0.1, -0.05) is 48.0 Å². The number of carbonyl (C=O) groups is 3. The van der Waals surface area contributed by atoms with Gasteiger partial charge in [0.15, 0.2) is 0 Å². The fourth-order valence-corrected chi connectivity index (χ4v) is 1.97. The van der Waals surface area contributed by atoms with Crippen LogP contribution in [0.15, 0.2) is 0 Å². The molecule has 1 aliphatic rings. The summed E-state index contributed by atoms with van der Waals surface area (Å²) < 4.78 is 0. The molecule has 5 nitrogen and oxygen atoms in total. The van der Waals surface area contributed by atoms with Crippen molar-refractivity contribution in [1.82, 2.24) is 10.2 Å². The molecule has 0 aromatic carbocycles. The van der Waals surface area contributed by atoms with Gasteiger partial charge in [0.25, 0.3) is 0 Å². The van der Waals surface area contributed by atoms with Crippen molar-refractivity contribution in [2.45, 2.75) is 60.8 Å². The highest BCUT2D eigenvalue weighted by Gasteiger charge is 2.26. The van der Waals surface area contributed by atoms with Gasteiger partial charge in [-0.3, -0.25) is 14.4 Å². The Labute approximate surface area is 148 Å². The third-order valence-electron chi connectivity index (χ3n) is 3.78. The first-order valence-electron chi connectivity index (χ1n) is 8.92. The molecule has 0 heterocycles. The van der Waals surface area contributed by atoms with Crippen molar-refractivity contribution >= 4 is 17.6 Å². The molecular weight excluding hydrogens is 304 g/mol. The molecule has 1 N–H and O–H groups in total. The van der Waals surface area contributed by atoms with Crippen molar-refractivity contribution in [2.75, 3.05) is 21.1 Å². The van der Waals surface area contributed by atoms with Crippen molar-refractivity contribution < 1.29 is 14.4 Å². The minimum absolute atomic E-state index is 0.0972. The third-order valence-corrected chi connectivity index (χ3v) is 3.78. The number of rotatable bonds is 4. The van der Waals surface area contributed by atoms with Crippen molar-refractivity contribution in [2.24, 2.45) is 23.7 Å². The predicted octanol–water partition coefficient (Wildman–Crippen LogP) is 3.13. The zero-order chi connectivity index (χ0) is 19.4. The molecule has 1 rings (SSSR count). The second-order valence-electron chi connectivity index (χ2n) is 7.34. The summed E-state index contributed by atoms with van der Waals surface area (Å²) in [6.07, 6.45) is 3.57. The molecule has 0 atom stereocenters. The molecule has 24 heavy (non-hydrogen) atoms. The highest BCUT2D eigenvalue weighted by Crippen LogP contribution is 2.29. The van der Waals surface area contributed by atoms with E-state index in [-0.39, 0.29) is 29.6 Å². The van der Waals surface area contributed by atoms with E-state index in [2.05, 4.69) is 5.32 Å². The van der Waals surface area contributed by atoms with Gasteiger partial charge in [-0.15, -0.1) is 0 Å². The van der Waals surface area contributed by atoms with Crippen LogP contribution in [0.5, 0.6) is 0 Å². The van der Waals surface area contributed by atoms with Crippen LogP contribution >= 0.6 is 0 Å². The average Bonchev–Trinajstić information content (AvgIpc) is 2.44. The number of Topliss-reactive ketones (excluding diaryl/α,β-unsaturated/α-hetero) is 1. The maximum absolute atomic E-state index is 11.1. The second kappa shape index (κ2) is 13.0. The van der Waals surface area contributed by atoms with Crippen LogP contribution in [0.2, 0.25) is 0 Å². The van der Waals surface area contributed by atoms with Crippen LogP contribution in [0.4, 0.5) is 0 Å². The van der Waals surface area contributed by atoms with Crippen molar-refractivity contribution in [3.8, 4) is 0 Å². The fourth-order valence-electron chi connectivity index (χ4n) is 1.97. The molecule has 0 radical (unpaired) electrons. The lowest BCUT2D eigenvalue weighted by Crippen LogP contribution is -2.26. The van der Waals surface area contributed by atoms with Crippen LogP contribution in [0.3, 0.4) is 0 Å². The molecular formula is C19H38N2O3. The highest BCUT2D eigenvalue weighted by molar-refractivity contribution is 5.83. The second-order valence-corrected chi connectivity index (χ2v) is 7.34. The molecule has 1 fully saturated rings. The molecule has 142 valence electrons. The Bertz CT molecular complexity index is 374. The van der Waals surface area contributed by atoms with Crippen LogP contribution in [0, 0.1) is 23.7 Å². The first kappa shape index (κ1) is 24.9. The summed E-state index contributed by atoms with van der Waals surface area (Å²) in [6.45, 7) is 11.5. The summed E-state index contributed by atoms with van der Waals surface area (Å²) in [4.78, 5) is 33.9. The Morgan fingerprint density at radius 2 is 1.33 bits per heavy atom. The van der Waals surface area contributed by atoms with Crippen LogP contribution in [0.1, 0.15) is 60.8 Å². The molecule has 2 amide bonds. The molecule has 5 heteroatoms. The number of ketones is 1. The minimum atomic E-state index is 0.0972. The van der Waals surface area contributed by atoms with E-state index in [1.54, 1.807) is 26.0 Å². The van der Waals surface area contributed by atoms with Gasteiger partial charge in [-0.05, 0) is 12.8 Å². The summed E-state index contributed by atoms with van der Waals surface area (Å²) >= 11 is 0. The smallest absolute Gasteiger partial charge is 0.224 e. The van der Waals surface area contributed by atoms with E-state index in [4.69, 9.17) is 0 Å². The lowest BCUT2D eigenvalue weighted by molar-refractivity contribution is -0.132. The normalized spacial score (nSPS) is 13.3. The largest absolute Gasteiger partial charge is 0.359 e. The summed E-state index contributed by atoms with van der Waals surface area (Å²) in [7, 11) is 5.17. The molecule has 0 bridgehead atoms. The molecule has 0 aromatic heterocycles. The van der Waals surface area contributed by atoms with E-state index in [9.17, 15) is 14.4 Å². The number of nitrogens with zero attached hydrogens (tertiary/aromatic N) is 1. The van der Waals surface area contributed by atoms with Crippen LogP contribution in [-0.4, -0.2) is 43.6 Å². The quantitative estimate of drug-likeness (QED) is 0.853. The molecule has 0 saturated heterocycles. The van der Waals surface area contributed by atoms with Crippen LogP contribution < -0.4 is 5.32 Å².